The Bertz CT molecular complexity index is 543. The van der Waals surface area contributed by atoms with E-state index in [0.717, 1.165) is 19.3 Å². The van der Waals surface area contributed by atoms with Gasteiger partial charge in [0.05, 0.1) is 12.7 Å². The Morgan fingerprint density at radius 2 is 1.40 bits per heavy atom. The van der Waals surface area contributed by atoms with Gasteiger partial charge in [-0.05, 0) is 18.4 Å². The van der Waals surface area contributed by atoms with Crippen LogP contribution < -0.4 is 0 Å². The highest BCUT2D eigenvalue weighted by molar-refractivity contribution is 5.13. The van der Waals surface area contributed by atoms with Crippen molar-refractivity contribution in [2.45, 2.75) is 129 Å². The van der Waals surface area contributed by atoms with Crippen molar-refractivity contribution in [2.24, 2.45) is 0 Å². The van der Waals surface area contributed by atoms with Gasteiger partial charge < -0.3 is 9.84 Å². The van der Waals surface area contributed by atoms with Crippen molar-refractivity contribution >= 4 is 0 Å². The first-order valence-corrected chi connectivity index (χ1v) is 12.6. The summed E-state index contributed by atoms with van der Waals surface area (Å²) in [5, 5.41) is 10.4. The van der Waals surface area contributed by atoms with Crippen LogP contribution >= 0.6 is 0 Å². The van der Waals surface area contributed by atoms with Gasteiger partial charge in [0.1, 0.15) is 6.10 Å². The molecule has 0 spiro atoms. The largest absolute Gasteiger partial charge is 0.380 e. The molecule has 0 saturated carbocycles. The van der Waals surface area contributed by atoms with Gasteiger partial charge in [-0.1, -0.05) is 121 Å². The zero-order valence-electron chi connectivity index (χ0n) is 19.7. The van der Waals surface area contributed by atoms with Crippen molar-refractivity contribution in [1.82, 2.24) is 0 Å². The van der Waals surface area contributed by atoms with Gasteiger partial charge in [-0.2, -0.15) is 0 Å². The van der Waals surface area contributed by atoms with E-state index in [1.807, 2.05) is 18.2 Å². The standard InChI is InChI=1S/C28H46O2/c1-3-5-7-9-10-11-12-14-19-23-28(30-25-26-20-16-15-17-21-26)24-27(29)22-18-13-8-6-4-2/h15-17,20-21,27-29H,3-14,19,23-25H2,1-2H3/t27-,28-/m1/s1. The number of benzene rings is 1. The first-order valence-electron chi connectivity index (χ1n) is 12.6. The van der Waals surface area contributed by atoms with Gasteiger partial charge in [0, 0.05) is 12.8 Å². The Hall–Kier alpha value is -1.30. The average Bonchev–Trinajstić information content (AvgIpc) is 2.76. The van der Waals surface area contributed by atoms with Crippen LogP contribution in [-0.2, 0) is 11.3 Å². The molecule has 170 valence electrons. The highest BCUT2D eigenvalue weighted by Crippen LogP contribution is 2.17. The average molecular weight is 415 g/mol. The zero-order valence-corrected chi connectivity index (χ0v) is 19.7. The molecule has 0 aliphatic heterocycles. The minimum Gasteiger partial charge on any atom is -0.380 e. The maximum atomic E-state index is 10.4. The second kappa shape index (κ2) is 19.7. The Morgan fingerprint density at radius 1 is 0.800 bits per heavy atom. The number of unbranched alkanes of at least 4 members (excludes halogenated alkanes) is 11. The molecule has 0 unspecified atom stereocenters. The zero-order chi connectivity index (χ0) is 21.7. The third kappa shape index (κ3) is 15.5. The monoisotopic (exact) mass is 414 g/mol. The maximum Gasteiger partial charge on any atom is 0.117 e. The van der Waals surface area contributed by atoms with Crippen molar-refractivity contribution in [3.05, 3.63) is 35.9 Å². The molecule has 0 bridgehead atoms. The van der Waals surface area contributed by atoms with E-state index >= 15 is 0 Å². The molecular weight excluding hydrogens is 368 g/mol. The van der Waals surface area contributed by atoms with Crippen LogP contribution in [0, 0.1) is 11.8 Å². The summed E-state index contributed by atoms with van der Waals surface area (Å²) < 4.78 is 6.19. The first-order chi connectivity index (χ1) is 14.8. The minimum absolute atomic E-state index is 0.0784. The molecular formula is C28H46O2. The minimum atomic E-state index is -0.578. The molecule has 0 saturated heterocycles. The molecule has 0 amide bonds. The predicted molar refractivity (Wildman–Crippen MR) is 129 cm³/mol. The van der Waals surface area contributed by atoms with Gasteiger partial charge in [-0.15, -0.1) is 5.92 Å². The molecule has 1 rings (SSSR count). The lowest BCUT2D eigenvalue weighted by Crippen LogP contribution is -2.20. The number of aliphatic hydroxyl groups is 1. The van der Waals surface area contributed by atoms with Gasteiger partial charge in [0.25, 0.3) is 0 Å². The molecule has 30 heavy (non-hydrogen) atoms. The van der Waals surface area contributed by atoms with Crippen molar-refractivity contribution < 1.29 is 9.84 Å². The summed E-state index contributed by atoms with van der Waals surface area (Å²) in [5.41, 5.74) is 1.19. The van der Waals surface area contributed by atoms with Crippen LogP contribution in [-0.4, -0.2) is 17.3 Å². The third-order valence-corrected chi connectivity index (χ3v) is 5.62. The fourth-order valence-electron chi connectivity index (χ4n) is 3.70. The van der Waals surface area contributed by atoms with E-state index in [0.29, 0.717) is 13.0 Å². The molecule has 1 N–H and O–H groups in total. The number of hydrogen-bond donors (Lipinski definition) is 1. The maximum absolute atomic E-state index is 10.4. The molecule has 0 aromatic heterocycles. The SMILES string of the molecule is CCCCCC#C[C@@H](O)C[C@@H](CCCCCCCCCCC)OCc1ccccc1. The van der Waals surface area contributed by atoms with E-state index in [2.05, 4.69) is 37.8 Å². The summed E-state index contributed by atoms with van der Waals surface area (Å²) in [6.07, 6.45) is 17.5. The van der Waals surface area contributed by atoms with Crippen LogP contribution in [0.3, 0.4) is 0 Å². The summed E-state index contributed by atoms with van der Waals surface area (Å²) in [6, 6.07) is 10.3. The molecule has 2 atom stereocenters. The topological polar surface area (TPSA) is 29.5 Å². The Kier molecular flexibility index (Phi) is 17.5. The van der Waals surface area contributed by atoms with E-state index in [4.69, 9.17) is 4.74 Å². The molecule has 2 nitrogen and oxygen atoms in total. The summed E-state index contributed by atoms with van der Waals surface area (Å²) in [5.74, 6) is 6.18. The van der Waals surface area contributed by atoms with Gasteiger partial charge in [0.15, 0.2) is 0 Å². The summed E-state index contributed by atoms with van der Waals surface area (Å²) in [7, 11) is 0. The van der Waals surface area contributed by atoms with Gasteiger partial charge >= 0.3 is 0 Å². The number of ether oxygens (including phenoxy) is 1. The molecule has 0 fully saturated rings. The van der Waals surface area contributed by atoms with Gasteiger partial charge in [0.2, 0.25) is 0 Å². The number of aliphatic hydroxyl groups excluding tert-OH is 1. The first kappa shape index (κ1) is 26.7. The lowest BCUT2D eigenvalue weighted by atomic mass is 10.0. The van der Waals surface area contributed by atoms with Crippen molar-refractivity contribution in [3.8, 4) is 11.8 Å². The fraction of sp³-hybridized carbons (Fsp3) is 0.714. The van der Waals surface area contributed by atoms with Crippen molar-refractivity contribution in [3.63, 3.8) is 0 Å². The lowest BCUT2D eigenvalue weighted by Gasteiger charge is -2.19. The fourth-order valence-corrected chi connectivity index (χ4v) is 3.70. The lowest BCUT2D eigenvalue weighted by molar-refractivity contribution is 0.00827. The summed E-state index contributed by atoms with van der Waals surface area (Å²) >= 11 is 0. The second-order valence-electron chi connectivity index (χ2n) is 8.57. The van der Waals surface area contributed by atoms with E-state index < -0.39 is 6.10 Å². The predicted octanol–water partition coefficient (Wildman–Crippen LogP) is 7.83. The Labute approximate surface area is 186 Å². The van der Waals surface area contributed by atoms with Crippen molar-refractivity contribution in [1.29, 1.82) is 0 Å². The number of hydrogen-bond acceptors (Lipinski definition) is 2. The van der Waals surface area contributed by atoms with Crippen LogP contribution in [0.25, 0.3) is 0 Å². The van der Waals surface area contributed by atoms with Crippen molar-refractivity contribution in [2.75, 3.05) is 0 Å². The Morgan fingerprint density at radius 3 is 2.07 bits per heavy atom. The normalized spacial score (nSPS) is 12.9. The summed E-state index contributed by atoms with van der Waals surface area (Å²) in [6.45, 7) is 5.08. The highest BCUT2D eigenvalue weighted by Gasteiger charge is 2.14. The van der Waals surface area contributed by atoms with Crippen LogP contribution in [0.2, 0.25) is 0 Å². The van der Waals surface area contributed by atoms with E-state index in [1.54, 1.807) is 0 Å². The molecule has 0 heterocycles. The number of rotatable bonds is 18. The summed E-state index contributed by atoms with van der Waals surface area (Å²) in [4.78, 5) is 0. The van der Waals surface area contributed by atoms with Gasteiger partial charge in [-0.25, -0.2) is 0 Å². The van der Waals surface area contributed by atoms with E-state index in [9.17, 15) is 5.11 Å². The molecule has 0 aliphatic rings. The van der Waals surface area contributed by atoms with Crippen LogP contribution in [0.5, 0.6) is 0 Å². The smallest absolute Gasteiger partial charge is 0.117 e. The van der Waals surface area contributed by atoms with Gasteiger partial charge in [-0.3, -0.25) is 0 Å². The molecule has 2 heteroatoms. The highest BCUT2D eigenvalue weighted by atomic mass is 16.5. The quantitative estimate of drug-likeness (QED) is 0.196. The second-order valence-corrected chi connectivity index (χ2v) is 8.57. The molecule has 1 aromatic carbocycles. The molecule has 1 aromatic rings. The molecule has 0 radical (unpaired) electrons. The molecule has 0 aliphatic carbocycles. The van der Waals surface area contributed by atoms with Crippen LogP contribution in [0.1, 0.15) is 116 Å². The van der Waals surface area contributed by atoms with E-state index in [1.165, 1.54) is 76.2 Å². The third-order valence-electron chi connectivity index (χ3n) is 5.62. The van der Waals surface area contributed by atoms with E-state index in [-0.39, 0.29) is 6.10 Å². The Balaban J connectivity index is 2.32. The van der Waals surface area contributed by atoms with Crippen LogP contribution in [0.4, 0.5) is 0 Å². The van der Waals surface area contributed by atoms with Crippen LogP contribution in [0.15, 0.2) is 30.3 Å².